The van der Waals surface area contributed by atoms with Crippen LogP contribution in [0.25, 0.3) is 0 Å². The van der Waals surface area contributed by atoms with Gasteiger partial charge in [0.15, 0.2) is 0 Å². The molecule has 82 valence electrons. The number of hydrogen-bond acceptors (Lipinski definition) is 5. The lowest BCUT2D eigenvalue weighted by atomic mass is 10.3. The van der Waals surface area contributed by atoms with Gasteiger partial charge in [-0.25, -0.2) is 0 Å². The maximum atomic E-state index is 5.65. The van der Waals surface area contributed by atoms with Gasteiger partial charge >= 0.3 is 0 Å². The molecule has 3 N–H and O–H groups in total. The monoisotopic (exact) mass is 299 g/mol. The summed E-state index contributed by atoms with van der Waals surface area (Å²) in [7, 11) is 0. The first-order valence-corrected chi connectivity index (χ1v) is 5.50. The Kier molecular flexibility index (Phi) is 3.21. The Morgan fingerprint density at radius 2 is 1.81 bits per heavy atom. The SMILES string of the molecule is Nc1nc(Cl)nc(Nc2ccc(Br)cc2)n1. The van der Waals surface area contributed by atoms with Crippen molar-refractivity contribution < 1.29 is 0 Å². The van der Waals surface area contributed by atoms with E-state index >= 15 is 0 Å². The summed E-state index contributed by atoms with van der Waals surface area (Å²) in [6, 6.07) is 7.54. The van der Waals surface area contributed by atoms with Crippen LogP contribution in [0.1, 0.15) is 0 Å². The van der Waals surface area contributed by atoms with Crippen LogP contribution in [0.4, 0.5) is 17.6 Å². The van der Waals surface area contributed by atoms with Crippen molar-refractivity contribution in [1.82, 2.24) is 15.0 Å². The molecule has 0 spiro atoms. The van der Waals surface area contributed by atoms with E-state index in [0.29, 0.717) is 5.95 Å². The van der Waals surface area contributed by atoms with Gasteiger partial charge in [-0.15, -0.1) is 0 Å². The van der Waals surface area contributed by atoms with Crippen molar-refractivity contribution in [2.75, 3.05) is 11.1 Å². The zero-order valence-corrected chi connectivity index (χ0v) is 10.3. The Morgan fingerprint density at radius 3 is 2.44 bits per heavy atom. The molecule has 7 heteroatoms. The number of aromatic nitrogens is 3. The fourth-order valence-electron chi connectivity index (χ4n) is 1.08. The Morgan fingerprint density at radius 1 is 1.12 bits per heavy atom. The average molecular weight is 301 g/mol. The quantitative estimate of drug-likeness (QED) is 0.891. The summed E-state index contributed by atoms with van der Waals surface area (Å²) in [5.74, 6) is 0.402. The van der Waals surface area contributed by atoms with Gasteiger partial charge in [-0.2, -0.15) is 15.0 Å². The van der Waals surface area contributed by atoms with E-state index in [-0.39, 0.29) is 11.2 Å². The van der Waals surface area contributed by atoms with Crippen LogP contribution in [0.5, 0.6) is 0 Å². The minimum Gasteiger partial charge on any atom is -0.368 e. The van der Waals surface area contributed by atoms with Gasteiger partial charge in [0.25, 0.3) is 0 Å². The van der Waals surface area contributed by atoms with Gasteiger partial charge in [0.1, 0.15) is 0 Å². The molecule has 1 heterocycles. The summed E-state index contributed by atoms with van der Waals surface area (Å²) >= 11 is 9.00. The van der Waals surface area contributed by atoms with Crippen molar-refractivity contribution in [3.05, 3.63) is 34.0 Å². The number of halogens is 2. The molecule has 16 heavy (non-hydrogen) atoms. The van der Waals surface area contributed by atoms with Crippen molar-refractivity contribution in [2.45, 2.75) is 0 Å². The topological polar surface area (TPSA) is 76.7 Å². The van der Waals surface area contributed by atoms with Crippen molar-refractivity contribution in [3.63, 3.8) is 0 Å². The maximum Gasteiger partial charge on any atom is 0.233 e. The number of benzene rings is 1. The predicted molar refractivity (Wildman–Crippen MR) is 66.7 cm³/mol. The molecule has 1 aromatic heterocycles. The third-order valence-electron chi connectivity index (χ3n) is 1.73. The zero-order valence-electron chi connectivity index (χ0n) is 7.98. The second-order valence-electron chi connectivity index (χ2n) is 2.92. The second kappa shape index (κ2) is 4.63. The zero-order chi connectivity index (χ0) is 11.5. The van der Waals surface area contributed by atoms with Gasteiger partial charge in [-0.1, -0.05) is 15.9 Å². The molecule has 0 fully saturated rings. The summed E-state index contributed by atoms with van der Waals surface area (Å²) < 4.78 is 0.992. The molecule has 0 aliphatic rings. The Labute approximate surface area is 105 Å². The lowest BCUT2D eigenvalue weighted by molar-refractivity contribution is 1.07. The van der Waals surface area contributed by atoms with E-state index in [1.54, 1.807) is 0 Å². The van der Waals surface area contributed by atoms with Crippen LogP contribution in [0, 0.1) is 0 Å². The van der Waals surface area contributed by atoms with Crippen molar-refractivity contribution in [3.8, 4) is 0 Å². The highest BCUT2D eigenvalue weighted by Crippen LogP contribution is 2.17. The van der Waals surface area contributed by atoms with Crippen LogP contribution in [0.2, 0.25) is 5.28 Å². The van der Waals surface area contributed by atoms with Gasteiger partial charge in [0.05, 0.1) is 0 Å². The number of nitrogen functional groups attached to an aromatic ring is 1. The Bertz CT molecular complexity index is 482. The minimum absolute atomic E-state index is 0.0621. The summed E-state index contributed by atoms with van der Waals surface area (Å²) in [5.41, 5.74) is 6.28. The third kappa shape index (κ3) is 2.80. The van der Waals surface area contributed by atoms with Crippen molar-refractivity contribution in [1.29, 1.82) is 0 Å². The van der Waals surface area contributed by atoms with E-state index in [1.807, 2.05) is 24.3 Å². The highest BCUT2D eigenvalue weighted by Gasteiger charge is 2.02. The van der Waals surface area contributed by atoms with E-state index in [0.717, 1.165) is 10.2 Å². The van der Waals surface area contributed by atoms with Gasteiger partial charge in [-0.3, -0.25) is 0 Å². The maximum absolute atomic E-state index is 5.65. The number of hydrogen-bond donors (Lipinski definition) is 2. The summed E-state index contributed by atoms with van der Waals surface area (Å²) in [5, 5.41) is 3.03. The van der Waals surface area contributed by atoms with E-state index < -0.39 is 0 Å². The van der Waals surface area contributed by atoms with Crippen LogP contribution in [-0.4, -0.2) is 15.0 Å². The minimum atomic E-state index is 0.0621. The molecule has 0 saturated carbocycles. The highest BCUT2D eigenvalue weighted by molar-refractivity contribution is 9.10. The van der Waals surface area contributed by atoms with E-state index in [2.05, 4.69) is 36.2 Å². The first kappa shape index (κ1) is 11.1. The number of anilines is 3. The van der Waals surface area contributed by atoms with Gasteiger partial charge in [-0.05, 0) is 35.9 Å². The molecule has 0 unspecified atom stereocenters. The Balaban J connectivity index is 2.23. The van der Waals surface area contributed by atoms with Gasteiger partial charge < -0.3 is 11.1 Å². The molecule has 0 aliphatic heterocycles. The van der Waals surface area contributed by atoms with Crippen LogP contribution in [-0.2, 0) is 0 Å². The second-order valence-corrected chi connectivity index (χ2v) is 4.17. The predicted octanol–water partition coefficient (Wildman–Crippen LogP) is 2.61. The molecule has 2 aromatic rings. The van der Waals surface area contributed by atoms with Crippen LogP contribution >= 0.6 is 27.5 Å². The number of nitrogens with two attached hydrogens (primary N) is 1. The highest BCUT2D eigenvalue weighted by atomic mass is 79.9. The van der Waals surface area contributed by atoms with E-state index in [9.17, 15) is 0 Å². The average Bonchev–Trinajstić information content (AvgIpc) is 2.20. The van der Waals surface area contributed by atoms with Crippen molar-refractivity contribution in [2.24, 2.45) is 0 Å². The summed E-state index contributed by atoms with van der Waals surface area (Å²) in [6.07, 6.45) is 0. The smallest absolute Gasteiger partial charge is 0.233 e. The standard InChI is InChI=1S/C9H7BrClN5/c10-5-1-3-6(4-2-5)13-9-15-7(11)14-8(12)16-9/h1-4H,(H3,12,13,14,15,16). The van der Waals surface area contributed by atoms with Crippen LogP contribution in [0.15, 0.2) is 28.7 Å². The summed E-state index contributed by atoms with van der Waals surface area (Å²) in [4.78, 5) is 11.5. The first-order chi connectivity index (χ1) is 7.63. The molecule has 0 saturated heterocycles. The number of nitrogens with zero attached hydrogens (tertiary/aromatic N) is 3. The molecule has 0 radical (unpaired) electrons. The Hall–Kier alpha value is -1.40. The third-order valence-corrected chi connectivity index (χ3v) is 2.42. The molecule has 0 atom stereocenters. The molecule has 5 nitrogen and oxygen atoms in total. The van der Waals surface area contributed by atoms with E-state index in [1.165, 1.54) is 0 Å². The molecule has 0 aliphatic carbocycles. The fraction of sp³-hybridized carbons (Fsp3) is 0. The van der Waals surface area contributed by atoms with Crippen LogP contribution in [0.3, 0.4) is 0 Å². The van der Waals surface area contributed by atoms with Gasteiger partial charge in [0, 0.05) is 10.2 Å². The lowest BCUT2D eigenvalue weighted by Crippen LogP contribution is -2.03. The fourth-order valence-corrected chi connectivity index (χ4v) is 1.51. The molecule has 1 aromatic carbocycles. The lowest BCUT2D eigenvalue weighted by Gasteiger charge is -2.04. The van der Waals surface area contributed by atoms with E-state index in [4.69, 9.17) is 17.3 Å². The molecule has 2 rings (SSSR count). The van der Waals surface area contributed by atoms with Gasteiger partial charge in [0.2, 0.25) is 17.2 Å². The van der Waals surface area contributed by atoms with Crippen LogP contribution < -0.4 is 11.1 Å². The van der Waals surface area contributed by atoms with Crippen molar-refractivity contribution >= 4 is 45.1 Å². The normalized spacial score (nSPS) is 10.1. The molecular formula is C9H7BrClN5. The molecule has 0 bridgehead atoms. The molecular weight excluding hydrogens is 293 g/mol. The summed E-state index contributed by atoms with van der Waals surface area (Å²) in [6.45, 7) is 0. The first-order valence-electron chi connectivity index (χ1n) is 4.33. The number of nitrogens with one attached hydrogen (secondary N) is 1. The number of rotatable bonds is 2. The molecule has 0 amide bonds. The largest absolute Gasteiger partial charge is 0.368 e.